The Morgan fingerprint density at radius 2 is 1.94 bits per heavy atom. The molecule has 0 saturated heterocycles. The molecule has 1 aliphatic carbocycles. The smallest absolute Gasteiger partial charge is 0.251 e. The number of rotatable bonds is 10. The Balaban J connectivity index is 1.44. The third kappa shape index (κ3) is 6.27. The second-order valence-electron chi connectivity index (χ2n) is 12.0. The van der Waals surface area contributed by atoms with Gasteiger partial charge < -0.3 is 26.3 Å². The fourth-order valence-electron chi connectivity index (χ4n) is 5.55. The summed E-state index contributed by atoms with van der Waals surface area (Å²) in [6, 6.07) is 12.3. The second kappa shape index (κ2) is 12.8. The summed E-state index contributed by atoms with van der Waals surface area (Å²) >= 11 is 6.03. The Morgan fingerprint density at radius 1 is 1.17 bits per heavy atom. The van der Waals surface area contributed by atoms with E-state index in [0.29, 0.717) is 28.4 Å². The Kier molecular flexibility index (Phi) is 8.78. The third-order valence-corrected chi connectivity index (χ3v) is 8.89. The highest BCUT2D eigenvalue weighted by Crippen LogP contribution is 2.46. The zero-order valence-electron chi connectivity index (χ0n) is 26.0. The molecule has 0 radical (unpaired) electrons. The molecule has 9 nitrogen and oxygen atoms in total. The molecule has 0 bridgehead atoms. The van der Waals surface area contributed by atoms with Gasteiger partial charge in [0.25, 0.3) is 5.91 Å². The lowest BCUT2D eigenvalue weighted by molar-refractivity contribution is -0.123. The number of methoxy groups -OCH3 is 1. The molecule has 2 aliphatic rings. The summed E-state index contributed by atoms with van der Waals surface area (Å²) in [5.41, 5.74) is 12.5. The number of halogens is 4. The number of nitrogen functional groups attached to an aromatic ring is 1. The van der Waals surface area contributed by atoms with Crippen molar-refractivity contribution in [3.8, 4) is 22.8 Å². The number of pyridine rings is 1. The Morgan fingerprint density at radius 3 is 2.62 bits per heavy atom. The van der Waals surface area contributed by atoms with Crippen molar-refractivity contribution in [3.63, 3.8) is 0 Å². The zero-order valence-corrected chi connectivity index (χ0v) is 26.7. The fourth-order valence-corrected chi connectivity index (χ4v) is 5.71. The molecule has 48 heavy (non-hydrogen) atoms. The minimum Gasteiger partial charge on any atom is -0.495 e. The maximum Gasteiger partial charge on any atom is 0.251 e. The Bertz CT molecular complexity index is 1990. The van der Waals surface area contributed by atoms with E-state index in [1.807, 2.05) is 0 Å². The molecular weight excluding hydrogens is 647 g/mol. The summed E-state index contributed by atoms with van der Waals surface area (Å²) < 4.78 is 55.3. The minimum absolute atomic E-state index is 0.0672. The molecule has 0 unspecified atom stereocenters. The van der Waals surface area contributed by atoms with Crippen LogP contribution < -0.4 is 26.3 Å². The average Bonchev–Trinajstić information content (AvgIpc) is 3.83. The van der Waals surface area contributed by atoms with Crippen LogP contribution >= 0.6 is 11.6 Å². The van der Waals surface area contributed by atoms with Crippen molar-refractivity contribution in [2.75, 3.05) is 26.0 Å². The van der Waals surface area contributed by atoms with E-state index in [2.05, 4.69) is 10.3 Å². The van der Waals surface area contributed by atoms with Gasteiger partial charge in [-0.3, -0.25) is 14.6 Å². The van der Waals surface area contributed by atoms with Gasteiger partial charge in [0, 0.05) is 47.0 Å². The normalized spacial score (nSPS) is 17.5. The molecule has 248 valence electrons. The van der Waals surface area contributed by atoms with Gasteiger partial charge in [0.2, 0.25) is 5.91 Å². The molecule has 3 aromatic carbocycles. The Hall–Kier alpha value is -5.10. The first-order valence-electron chi connectivity index (χ1n) is 15.1. The van der Waals surface area contributed by atoms with Crippen LogP contribution in [-0.2, 0) is 10.2 Å². The van der Waals surface area contributed by atoms with Crippen molar-refractivity contribution in [2.24, 2.45) is 10.7 Å². The number of carbonyl (C=O) groups excluding carboxylic acids is 2. The quantitative estimate of drug-likeness (QED) is 0.112. The number of carbonyl (C=O) groups is 2. The van der Waals surface area contributed by atoms with E-state index in [9.17, 15) is 18.4 Å². The van der Waals surface area contributed by atoms with Crippen molar-refractivity contribution in [2.45, 2.75) is 37.1 Å². The summed E-state index contributed by atoms with van der Waals surface area (Å²) in [4.78, 5) is 35.5. The van der Waals surface area contributed by atoms with E-state index >= 15 is 4.39 Å². The molecule has 2 heterocycles. The number of amides is 2. The van der Waals surface area contributed by atoms with Gasteiger partial charge in [0.1, 0.15) is 46.7 Å². The van der Waals surface area contributed by atoms with Crippen LogP contribution in [0.1, 0.15) is 58.4 Å². The fraction of sp³-hybridized carbons (Fsp3) is 0.257. The molecule has 5 N–H and O–H groups in total. The third-order valence-electron chi connectivity index (χ3n) is 8.60. The van der Waals surface area contributed by atoms with Crippen molar-refractivity contribution < 1.29 is 32.2 Å². The van der Waals surface area contributed by atoms with E-state index < -0.39 is 40.6 Å². The van der Waals surface area contributed by atoms with Crippen LogP contribution in [0.15, 0.2) is 59.6 Å². The first-order chi connectivity index (χ1) is 22.9. The maximum absolute atomic E-state index is 15.3. The highest BCUT2D eigenvalue weighted by molar-refractivity contribution is 6.31. The number of hydrogen-bond acceptors (Lipinski definition) is 7. The van der Waals surface area contributed by atoms with Gasteiger partial charge in [-0.15, -0.1) is 0 Å². The van der Waals surface area contributed by atoms with Crippen molar-refractivity contribution in [1.29, 1.82) is 0 Å². The number of fused-ring (bicyclic) bond motifs is 1. The number of aliphatic imine (C=N–C) groups is 1. The molecule has 1 aromatic heterocycles. The summed E-state index contributed by atoms with van der Waals surface area (Å²) in [5.74, 6) is -4.19. The van der Waals surface area contributed by atoms with Crippen LogP contribution in [0.4, 0.5) is 18.9 Å². The summed E-state index contributed by atoms with van der Waals surface area (Å²) in [6.45, 7) is 1.28. The van der Waals surface area contributed by atoms with Gasteiger partial charge in [0.05, 0.1) is 29.6 Å². The zero-order chi connectivity index (χ0) is 34.3. The molecule has 2 atom stereocenters. The predicted octanol–water partition coefficient (Wildman–Crippen LogP) is 5.69. The SMILES string of the molecule is COc1cc(C(=O)NC[C@@H](c2cccc(F)c2)c2cc3c(c(-c4cc(Cl)c(F)cc4F)n2)OC[C@]3(C)C(N)=O)cc(C=NC2CC2)c1N. The van der Waals surface area contributed by atoms with E-state index in [1.54, 1.807) is 31.3 Å². The van der Waals surface area contributed by atoms with Crippen LogP contribution in [0.5, 0.6) is 11.5 Å². The lowest BCUT2D eigenvalue weighted by atomic mass is 9.81. The second-order valence-corrected chi connectivity index (χ2v) is 12.4. The molecule has 4 aromatic rings. The molecule has 1 saturated carbocycles. The molecule has 6 rings (SSSR count). The van der Waals surface area contributed by atoms with E-state index in [1.165, 1.54) is 31.4 Å². The predicted molar refractivity (Wildman–Crippen MR) is 175 cm³/mol. The number of ether oxygens (including phenoxy) is 2. The number of hydrogen-bond donors (Lipinski definition) is 3. The van der Waals surface area contributed by atoms with Crippen LogP contribution in [0, 0.1) is 17.5 Å². The van der Waals surface area contributed by atoms with Crippen molar-refractivity contribution in [3.05, 3.63) is 105 Å². The summed E-state index contributed by atoms with van der Waals surface area (Å²) in [5, 5.41) is 2.52. The lowest BCUT2D eigenvalue weighted by Gasteiger charge is -2.23. The van der Waals surface area contributed by atoms with Crippen molar-refractivity contribution in [1.82, 2.24) is 10.3 Å². The van der Waals surface area contributed by atoms with Crippen LogP contribution in [0.3, 0.4) is 0 Å². The van der Waals surface area contributed by atoms with Gasteiger partial charge in [-0.25, -0.2) is 18.2 Å². The lowest BCUT2D eigenvalue weighted by Crippen LogP contribution is -2.40. The van der Waals surface area contributed by atoms with Crippen LogP contribution in [-0.4, -0.2) is 49.3 Å². The van der Waals surface area contributed by atoms with Crippen LogP contribution in [0.25, 0.3) is 11.3 Å². The Labute approximate surface area is 279 Å². The first-order valence-corrected chi connectivity index (χ1v) is 15.4. The topological polar surface area (TPSA) is 142 Å². The van der Waals surface area contributed by atoms with Crippen LogP contribution in [0.2, 0.25) is 5.02 Å². The highest BCUT2D eigenvalue weighted by Gasteiger charge is 2.44. The van der Waals surface area contributed by atoms with Gasteiger partial charge in [-0.05, 0) is 61.7 Å². The average molecular weight is 678 g/mol. The largest absolute Gasteiger partial charge is 0.495 e. The molecule has 0 spiro atoms. The van der Waals surface area contributed by atoms with Gasteiger partial charge in [0.15, 0.2) is 0 Å². The molecular formula is C35H31ClF3N5O4. The number of anilines is 1. The molecule has 1 fully saturated rings. The number of benzene rings is 3. The number of nitrogens with two attached hydrogens (primary N) is 2. The number of aromatic nitrogens is 1. The molecule has 13 heteroatoms. The molecule has 1 aliphatic heterocycles. The first kappa shape index (κ1) is 32.8. The van der Waals surface area contributed by atoms with Crippen molar-refractivity contribution >= 4 is 35.3 Å². The van der Waals surface area contributed by atoms with E-state index in [0.717, 1.165) is 18.9 Å². The number of nitrogens with zero attached hydrogens (tertiary/aromatic N) is 2. The van der Waals surface area contributed by atoms with E-state index in [4.69, 9.17) is 37.5 Å². The molecule has 2 amide bonds. The monoisotopic (exact) mass is 677 g/mol. The van der Waals surface area contributed by atoms with Gasteiger partial charge in [-0.2, -0.15) is 0 Å². The van der Waals surface area contributed by atoms with Gasteiger partial charge >= 0.3 is 0 Å². The maximum atomic E-state index is 15.3. The van der Waals surface area contributed by atoms with Gasteiger partial charge in [-0.1, -0.05) is 23.7 Å². The highest BCUT2D eigenvalue weighted by atomic mass is 35.5. The summed E-state index contributed by atoms with van der Waals surface area (Å²) in [7, 11) is 1.44. The number of nitrogens with one attached hydrogen (secondary N) is 1. The minimum atomic E-state index is -1.35. The summed E-state index contributed by atoms with van der Waals surface area (Å²) in [6.07, 6.45) is 3.59. The standard InChI is InChI=1S/C35H31ClF3N5O4/c1-35(34(41)46)16-48-32-24(35)12-28(44-31(32)22-11-25(36)27(39)13-26(22)38)23(17-4-3-5-20(37)9-17)15-43-33(45)18-8-19(14-42-21-6-7-21)30(40)29(10-18)47-2/h3-5,8-14,21,23H,6-7,15-16,40H2,1-2H3,(H2,41,46)(H,43,45)/t23-,35-/m0/s1. The van der Waals surface area contributed by atoms with E-state index in [-0.39, 0.29) is 58.2 Å². The number of primary amides is 1.